The van der Waals surface area contributed by atoms with Crippen molar-refractivity contribution in [1.82, 2.24) is 4.90 Å². The molecular formula is C17H28N2. The number of nitrogens with zero attached hydrogens (tertiary/aromatic N) is 1. The van der Waals surface area contributed by atoms with E-state index >= 15 is 0 Å². The first-order chi connectivity index (χ1) is 9.01. The van der Waals surface area contributed by atoms with Gasteiger partial charge < -0.3 is 5.73 Å². The van der Waals surface area contributed by atoms with Gasteiger partial charge in [-0.3, -0.25) is 4.90 Å². The Morgan fingerprint density at radius 2 is 1.79 bits per heavy atom. The zero-order chi connectivity index (χ0) is 14.0. The number of likely N-dealkylation sites (tertiary alicyclic amines) is 1. The van der Waals surface area contributed by atoms with Crippen molar-refractivity contribution in [2.45, 2.75) is 53.1 Å². The lowest BCUT2D eigenvalue weighted by atomic mass is 9.92. The molecule has 106 valence electrons. The lowest BCUT2D eigenvalue weighted by molar-refractivity contribution is 0.113. The molecule has 2 N–H and O–H groups in total. The van der Waals surface area contributed by atoms with Crippen LogP contribution in [0.3, 0.4) is 0 Å². The van der Waals surface area contributed by atoms with E-state index in [4.69, 9.17) is 5.73 Å². The summed E-state index contributed by atoms with van der Waals surface area (Å²) in [6.45, 7) is 12.1. The Morgan fingerprint density at radius 3 is 2.37 bits per heavy atom. The second-order valence-corrected chi connectivity index (χ2v) is 6.33. The van der Waals surface area contributed by atoms with E-state index in [-0.39, 0.29) is 0 Å². The van der Waals surface area contributed by atoms with Crippen LogP contribution in [0.1, 0.15) is 42.0 Å². The molecule has 2 nitrogen and oxygen atoms in total. The highest BCUT2D eigenvalue weighted by atomic mass is 15.2. The molecule has 2 atom stereocenters. The molecule has 2 rings (SSSR count). The second kappa shape index (κ2) is 6.06. The summed E-state index contributed by atoms with van der Waals surface area (Å²) in [6.07, 6.45) is 2.58. The van der Waals surface area contributed by atoms with Gasteiger partial charge in [-0.15, -0.1) is 0 Å². The van der Waals surface area contributed by atoms with Crippen molar-refractivity contribution in [3.8, 4) is 0 Å². The predicted molar refractivity (Wildman–Crippen MR) is 82.3 cm³/mol. The third kappa shape index (κ3) is 3.37. The molecule has 0 aromatic heterocycles. The van der Waals surface area contributed by atoms with Gasteiger partial charge in [0.05, 0.1) is 0 Å². The average molecular weight is 260 g/mol. The molecule has 2 heteroatoms. The molecule has 0 amide bonds. The maximum absolute atomic E-state index is 5.86. The summed E-state index contributed by atoms with van der Waals surface area (Å²) in [6, 6.07) is 5.29. The molecule has 1 heterocycles. The first kappa shape index (κ1) is 14.5. The van der Waals surface area contributed by atoms with E-state index in [1.165, 1.54) is 35.1 Å². The lowest BCUT2D eigenvalue weighted by Gasteiger charge is -2.38. The number of hydrogen-bond acceptors (Lipinski definition) is 2. The van der Waals surface area contributed by atoms with E-state index < -0.39 is 0 Å². The molecule has 0 bridgehead atoms. The van der Waals surface area contributed by atoms with Gasteiger partial charge in [0, 0.05) is 19.1 Å². The number of piperidine rings is 1. The number of rotatable bonds is 3. The van der Waals surface area contributed by atoms with Gasteiger partial charge in [-0.05, 0) is 69.7 Å². The highest BCUT2D eigenvalue weighted by molar-refractivity contribution is 5.37. The normalized spacial score (nSPS) is 24.7. The molecule has 19 heavy (non-hydrogen) atoms. The van der Waals surface area contributed by atoms with Crippen molar-refractivity contribution in [3.05, 3.63) is 34.4 Å². The predicted octanol–water partition coefficient (Wildman–Crippen LogP) is 3.17. The minimum Gasteiger partial charge on any atom is -0.330 e. The fourth-order valence-electron chi connectivity index (χ4n) is 3.34. The van der Waals surface area contributed by atoms with Crippen LogP contribution in [0.5, 0.6) is 0 Å². The van der Waals surface area contributed by atoms with Gasteiger partial charge in [0.25, 0.3) is 0 Å². The van der Waals surface area contributed by atoms with Gasteiger partial charge in [0.2, 0.25) is 0 Å². The van der Waals surface area contributed by atoms with Crippen LogP contribution in [0.4, 0.5) is 0 Å². The Labute approximate surface area is 118 Å². The van der Waals surface area contributed by atoms with Gasteiger partial charge in [0.15, 0.2) is 0 Å². The van der Waals surface area contributed by atoms with Crippen LogP contribution in [0.25, 0.3) is 0 Å². The van der Waals surface area contributed by atoms with Crippen molar-refractivity contribution in [2.75, 3.05) is 13.1 Å². The molecule has 0 spiro atoms. The zero-order valence-corrected chi connectivity index (χ0v) is 12.9. The Kier molecular flexibility index (Phi) is 4.64. The molecule has 1 fully saturated rings. The minimum atomic E-state index is 0.683. The fourth-order valence-corrected chi connectivity index (χ4v) is 3.34. The molecule has 1 saturated heterocycles. The number of hydrogen-bond donors (Lipinski definition) is 1. The van der Waals surface area contributed by atoms with Crippen molar-refractivity contribution < 1.29 is 0 Å². The zero-order valence-electron chi connectivity index (χ0n) is 12.9. The lowest BCUT2D eigenvalue weighted by Crippen LogP contribution is -2.43. The quantitative estimate of drug-likeness (QED) is 0.904. The summed E-state index contributed by atoms with van der Waals surface area (Å²) in [5, 5.41) is 0. The smallest absolute Gasteiger partial charge is 0.0241 e. The van der Waals surface area contributed by atoms with Crippen molar-refractivity contribution >= 4 is 0 Å². The number of nitrogens with two attached hydrogens (primary N) is 1. The average Bonchev–Trinajstić information content (AvgIpc) is 2.35. The standard InChI is InChI=1S/C17H28N2/c1-12-7-13(2)17(14(3)8-12)11-19-10-16(9-18)6-5-15(19)4/h7-8,15-16H,5-6,9-11,18H2,1-4H3. The van der Waals surface area contributed by atoms with Crippen LogP contribution in [0.2, 0.25) is 0 Å². The first-order valence-corrected chi connectivity index (χ1v) is 7.52. The summed E-state index contributed by atoms with van der Waals surface area (Å²) in [7, 11) is 0. The first-order valence-electron chi connectivity index (χ1n) is 7.52. The van der Waals surface area contributed by atoms with Crippen LogP contribution in [-0.4, -0.2) is 24.0 Å². The van der Waals surface area contributed by atoms with E-state index in [1.54, 1.807) is 0 Å². The summed E-state index contributed by atoms with van der Waals surface area (Å²) in [4.78, 5) is 2.62. The third-order valence-corrected chi connectivity index (χ3v) is 4.64. The molecular weight excluding hydrogens is 232 g/mol. The van der Waals surface area contributed by atoms with Gasteiger partial charge in [-0.25, -0.2) is 0 Å². The van der Waals surface area contributed by atoms with Crippen molar-refractivity contribution in [3.63, 3.8) is 0 Å². The van der Waals surface area contributed by atoms with E-state index in [2.05, 4.69) is 44.7 Å². The summed E-state index contributed by atoms with van der Waals surface area (Å²) in [5.74, 6) is 0.683. The van der Waals surface area contributed by atoms with E-state index in [1.807, 2.05) is 0 Å². The van der Waals surface area contributed by atoms with Gasteiger partial charge in [-0.1, -0.05) is 17.7 Å². The summed E-state index contributed by atoms with van der Waals surface area (Å²) >= 11 is 0. The molecule has 0 radical (unpaired) electrons. The summed E-state index contributed by atoms with van der Waals surface area (Å²) in [5.41, 5.74) is 11.6. The second-order valence-electron chi connectivity index (χ2n) is 6.33. The molecule has 1 aliphatic heterocycles. The Bertz CT molecular complexity index is 416. The Morgan fingerprint density at radius 1 is 1.16 bits per heavy atom. The SMILES string of the molecule is Cc1cc(C)c(CN2CC(CN)CCC2C)c(C)c1. The number of benzene rings is 1. The van der Waals surface area contributed by atoms with Gasteiger partial charge in [-0.2, -0.15) is 0 Å². The van der Waals surface area contributed by atoms with Crippen molar-refractivity contribution in [1.29, 1.82) is 0 Å². The number of aryl methyl sites for hydroxylation is 3. The van der Waals surface area contributed by atoms with Crippen LogP contribution in [-0.2, 0) is 6.54 Å². The molecule has 0 saturated carbocycles. The fraction of sp³-hybridized carbons (Fsp3) is 0.647. The maximum atomic E-state index is 5.86. The highest BCUT2D eigenvalue weighted by Gasteiger charge is 2.25. The van der Waals surface area contributed by atoms with Gasteiger partial charge in [0.1, 0.15) is 0 Å². The van der Waals surface area contributed by atoms with Crippen molar-refractivity contribution in [2.24, 2.45) is 11.7 Å². The minimum absolute atomic E-state index is 0.683. The molecule has 1 aromatic carbocycles. The van der Waals surface area contributed by atoms with Crippen LogP contribution in [0.15, 0.2) is 12.1 Å². The largest absolute Gasteiger partial charge is 0.330 e. The summed E-state index contributed by atoms with van der Waals surface area (Å²) < 4.78 is 0. The van der Waals surface area contributed by atoms with Gasteiger partial charge >= 0.3 is 0 Å². The van der Waals surface area contributed by atoms with E-state index in [0.717, 1.165) is 19.6 Å². The maximum Gasteiger partial charge on any atom is 0.0241 e. The van der Waals surface area contributed by atoms with E-state index in [9.17, 15) is 0 Å². The molecule has 1 aromatic rings. The van der Waals surface area contributed by atoms with E-state index in [0.29, 0.717) is 12.0 Å². The van der Waals surface area contributed by atoms with Crippen LogP contribution < -0.4 is 5.73 Å². The highest BCUT2D eigenvalue weighted by Crippen LogP contribution is 2.25. The van der Waals surface area contributed by atoms with Crippen LogP contribution in [0, 0.1) is 26.7 Å². The molecule has 1 aliphatic rings. The van der Waals surface area contributed by atoms with Crippen LogP contribution >= 0.6 is 0 Å². The molecule has 0 aliphatic carbocycles. The topological polar surface area (TPSA) is 29.3 Å². The monoisotopic (exact) mass is 260 g/mol. The third-order valence-electron chi connectivity index (χ3n) is 4.64. The Balaban J connectivity index is 2.15. The Hall–Kier alpha value is -0.860. The molecule has 2 unspecified atom stereocenters.